The minimum Gasteiger partial charge on any atom is -0.353 e. The first kappa shape index (κ1) is 23.7. The van der Waals surface area contributed by atoms with E-state index in [4.69, 9.17) is 17.2 Å². The number of nitrogens with zero attached hydrogens (tertiary/aromatic N) is 5. The predicted octanol–water partition coefficient (Wildman–Crippen LogP) is 3.30. The summed E-state index contributed by atoms with van der Waals surface area (Å²) in [6.45, 7) is 5.34. The van der Waals surface area contributed by atoms with Gasteiger partial charge >= 0.3 is 0 Å². The predicted molar refractivity (Wildman–Crippen MR) is 141 cm³/mol. The lowest BCUT2D eigenvalue weighted by Gasteiger charge is -2.34. The molecule has 180 valence electrons. The zero-order chi connectivity index (χ0) is 24.7. The lowest BCUT2D eigenvalue weighted by atomic mass is 10.2. The molecule has 7 nitrogen and oxygen atoms in total. The summed E-state index contributed by atoms with van der Waals surface area (Å²) in [7, 11) is 2.07. The van der Waals surface area contributed by atoms with Gasteiger partial charge in [0, 0.05) is 32.4 Å². The Bertz CT molecular complexity index is 1410. The number of hydrogen-bond acceptors (Lipinski definition) is 7. The van der Waals surface area contributed by atoms with Crippen molar-refractivity contribution in [1.82, 2.24) is 19.2 Å². The van der Waals surface area contributed by atoms with Crippen molar-refractivity contribution in [1.29, 1.82) is 0 Å². The molecule has 10 heteroatoms. The third kappa shape index (κ3) is 4.61. The van der Waals surface area contributed by atoms with Gasteiger partial charge in [-0.2, -0.15) is 0 Å². The van der Waals surface area contributed by atoms with Gasteiger partial charge < -0.3 is 9.80 Å². The number of piperazine rings is 1. The number of thiocarbonyl (C=S) groups is 1. The Morgan fingerprint density at radius 2 is 1.83 bits per heavy atom. The van der Waals surface area contributed by atoms with Crippen molar-refractivity contribution < 1.29 is 9.18 Å². The van der Waals surface area contributed by atoms with Gasteiger partial charge in [-0.25, -0.2) is 9.37 Å². The number of rotatable bonds is 4. The Balaban J connectivity index is 1.56. The third-order valence-corrected chi connectivity index (χ3v) is 7.65. The number of carbonyl (C=O) groups is 1. The standard InChI is InChI=1S/C25H24FN5O2S2/c1-16-4-3-9-30-21(16)27-22(29-12-10-28(2)11-13-29)19(23(30)32)14-20-24(33)31(25(34)35-20)15-17-5-7-18(26)8-6-17/h3-9,14H,10-13,15H2,1-2H3/b20-14+. The van der Waals surface area contributed by atoms with Crippen LogP contribution in [0.1, 0.15) is 16.7 Å². The molecular formula is C25H24FN5O2S2. The highest BCUT2D eigenvalue weighted by atomic mass is 32.2. The van der Waals surface area contributed by atoms with Gasteiger partial charge in [0.15, 0.2) is 0 Å². The Kier molecular flexibility index (Phi) is 6.43. The lowest BCUT2D eigenvalue weighted by molar-refractivity contribution is -0.122. The second kappa shape index (κ2) is 9.52. The first-order valence-corrected chi connectivity index (χ1v) is 12.5. The molecule has 2 aliphatic heterocycles. The number of amides is 1. The normalized spacial score (nSPS) is 18.3. The number of fused-ring (bicyclic) bond motifs is 1. The van der Waals surface area contributed by atoms with Gasteiger partial charge in [-0.15, -0.1) is 0 Å². The van der Waals surface area contributed by atoms with Gasteiger partial charge in [0.25, 0.3) is 11.5 Å². The number of aryl methyl sites for hydroxylation is 1. The summed E-state index contributed by atoms with van der Waals surface area (Å²) in [4.78, 5) is 38.0. The van der Waals surface area contributed by atoms with E-state index in [0.717, 1.165) is 49.1 Å². The summed E-state index contributed by atoms with van der Waals surface area (Å²) < 4.78 is 15.2. The van der Waals surface area contributed by atoms with Crippen LogP contribution in [0.2, 0.25) is 0 Å². The van der Waals surface area contributed by atoms with E-state index in [1.807, 2.05) is 19.1 Å². The average molecular weight is 510 g/mol. The van der Waals surface area contributed by atoms with Gasteiger partial charge in [-0.1, -0.05) is 42.2 Å². The number of carbonyl (C=O) groups excluding carboxylic acids is 1. The van der Waals surface area contributed by atoms with E-state index in [1.54, 1.807) is 24.4 Å². The van der Waals surface area contributed by atoms with E-state index in [1.165, 1.54) is 21.4 Å². The van der Waals surface area contributed by atoms with Crippen LogP contribution in [0.3, 0.4) is 0 Å². The van der Waals surface area contributed by atoms with Crippen LogP contribution in [0, 0.1) is 12.7 Å². The molecule has 1 aromatic carbocycles. The number of likely N-dealkylation sites (N-methyl/N-ethyl adjacent to an activating group) is 1. The van der Waals surface area contributed by atoms with Gasteiger partial charge in [0.1, 0.15) is 21.6 Å². The molecule has 0 aliphatic carbocycles. The van der Waals surface area contributed by atoms with Gasteiger partial charge in [0.2, 0.25) is 0 Å². The number of thioether (sulfide) groups is 1. The maximum atomic E-state index is 13.6. The summed E-state index contributed by atoms with van der Waals surface area (Å²) in [6.07, 6.45) is 3.32. The first-order valence-electron chi connectivity index (χ1n) is 11.3. The van der Waals surface area contributed by atoms with Crippen molar-refractivity contribution in [3.05, 3.63) is 80.4 Å². The smallest absolute Gasteiger partial charge is 0.267 e. The Hall–Kier alpha value is -3.08. The molecule has 0 atom stereocenters. The molecule has 5 rings (SSSR count). The highest BCUT2D eigenvalue weighted by Gasteiger charge is 2.33. The molecule has 0 saturated carbocycles. The van der Waals surface area contributed by atoms with Crippen molar-refractivity contribution >= 4 is 51.7 Å². The number of anilines is 1. The summed E-state index contributed by atoms with van der Waals surface area (Å²) in [6, 6.07) is 9.71. The van der Waals surface area contributed by atoms with Crippen molar-refractivity contribution in [2.24, 2.45) is 0 Å². The van der Waals surface area contributed by atoms with Crippen LogP contribution in [-0.2, 0) is 11.3 Å². The fourth-order valence-electron chi connectivity index (χ4n) is 4.23. The first-order chi connectivity index (χ1) is 16.8. The molecule has 2 aromatic heterocycles. The van der Waals surface area contributed by atoms with Crippen molar-refractivity contribution in [3.8, 4) is 0 Å². The summed E-state index contributed by atoms with van der Waals surface area (Å²) in [5, 5.41) is 0. The Morgan fingerprint density at radius 1 is 1.11 bits per heavy atom. The monoisotopic (exact) mass is 509 g/mol. The maximum absolute atomic E-state index is 13.6. The van der Waals surface area contributed by atoms with E-state index >= 15 is 0 Å². The molecule has 0 spiro atoms. The van der Waals surface area contributed by atoms with E-state index in [9.17, 15) is 14.0 Å². The fourth-order valence-corrected chi connectivity index (χ4v) is 5.46. The summed E-state index contributed by atoms with van der Waals surface area (Å²) in [5.74, 6) is -0.0291. The molecule has 0 unspecified atom stereocenters. The lowest BCUT2D eigenvalue weighted by Crippen LogP contribution is -2.45. The van der Waals surface area contributed by atoms with E-state index in [0.29, 0.717) is 26.3 Å². The molecule has 35 heavy (non-hydrogen) atoms. The van der Waals surface area contributed by atoms with Crippen LogP contribution in [0.25, 0.3) is 11.7 Å². The summed E-state index contributed by atoms with van der Waals surface area (Å²) in [5.41, 5.74) is 2.42. The zero-order valence-electron chi connectivity index (χ0n) is 19.4. The molecule has 3 aromatic rings. The number of aromatic nitrogens is 2. The van der Waals surface area contributed by atoms with Crippen molar-refractivity contribution in [3.63, 3.8) is 0 Å². The van der Waals surface area contributed by atoms with Gasteiger partial charge in [-0.3, -0.25) is 18.9 Å². The Labute approximate surface area is 211 Å². The molecule has 2 saturated heterocycles. The number of halogens is 1. The molecule has 2 aliphatic rings. The average Bonchev–Trinajstić information content (AvgIpc) is 3.10. The number of benzene rings is 1. The van der Waals surface area contributed by atoms with Crippen molar-refractivity contribution in [2.45, 2.75) is 13.5 Å². The minimum absolute atomic E-state index is 0.226. The van der Waals surface area contributed by atoms with Crippen LogP contribution >= 0.6 is 24.0 Å². The largest absolute Gasteiger partial charge is 0.353 e. The van der Waals surface area contributed by atoms with Crippen LogP contribution < -0.4 is 10.5 Å². The second-order valence-corrected chi connectivity index (χ2v) is 10.4. The third-order valence-electron chi connectivity index (χ3n) is 6.27. The number of hydrogen-bond donors (Lipinski definition) is 0. The molecular weight excluding hydrogens is 485 g/mol. The molecule has 1 amide bonds. The maximum Gasteiger partial charge on any atom is 0.267 e. The second-order valence-electron chi connectivity index (χ2n) is 8.72. The number of pyridine rings is 1. The van der Waals surface area contributed by atoms with Crippen LogP contribution in [0.5, 0.6) is 0 Å². The highest BCUT2D eigenvalue weighted by molar-refractivity contribution is 8.26. The van der Waals surface area contributed by atoms with Crippen LogP contribution in [0.4, 0.5) is 10.2 Å². The van der Waals surface area contributed by atoms with Gasteiger partial charge in [0.05, 0.1) is 17.0 Å². The fraction of sp³-hybridized carbons (Fsp3) is 0.280. The SMILES string of the molecule is Cc1cccn2c(=O)c(/C=C3/SC(=S)N(Cc4ccc(F)cc4)C3=O)c(N3CCN(C)CC3)nc12. The molecule has 4 heterocycles. The van der Waals surface area contributed by atoms with Crippen molar-refractivity contribution in [2.75, 3.05) is 38.1 Å². The van der Waals surface area contributed by atoms with E-state index in [2.05, 4.69) is 16.8 Å². The molecule has 0 bridgehead atoms. The van der Waals surface area contributed by atoms with E-state index in [-0.39, 0.29) is 23.8 Å². The highest BCUT2D eigenvalue weighted by Crippen LogP contribution is 2.34. The van der Waals surface area contributed by atoms with Crippen LogP contribution in [0.15, 0.2) is 52.3 Å². The quantitative estimate of drug-likeness (QED) is 0.395. The topological polar surface area (TPSA) is 61.2 Å². The Morgan fingerprint density at radius 3 is 2.54 bits per heavy atom. The van der Waals surface area contributed by atoms with Crippen LogP contribution in [-0.4, -0.2) is 62.6 Å². The molecule has 2 fully saturated rings. The minimum atomic E-state index is -0.338. The van der Waals surface area contributed by atoms with E-state index < -0.39 is 0 Å². The molecule has 0 radical (unpaired) electrons. The van der Waals surface area contributed by atoms with Gasteiger partial charge in [-0.05, 0) is 49.4 Å². The zero-order valence-corrected chi connectivity index (χ0v) is 21.0. The summed E-state index contributed by atoms with van der Waals surface area (Å²) >= 11 is 6.64. The molecule has 0 N–H and O–H groups in total.